The Morgan fingerprint density at radius 1 is 1.26 bits per heavy atom. The van der Waals surface area contributed by atoms with E-state index in [4.69, 9.17) is 4.74 Å². The van der Waals surface area contributed by atoms with Crippen molar-refractivity contribution in [3.8, 4) is 0 Å². The lowest BCUT2D eigenvalue weighted by Gasteiger charge is -2.46. The van der Waals surface area contributed by atoms with Crippen LogP contribution in [0.1, 0.15) is 65.5 Å². The number of hydrogen-bond acceptors (Lipinski definition) is 5. The summed E-state index contributed by atoms with van der Waals surface area (Å²) in [6, 6.07) is 7.10. The van der Waals surface area contributed by atoms with E-state index in [9.17, 15) is 19.5 Å². The van der Waals surface area contributed by atoms with Crippen LogP contribution in [-0.4, -0.2) is 73.7 Å². The molecule has 192 valence electrons. The van der Waals surface area contributed by atoms with Gasteiger partial charge in [0.25, 0.3) is 5.91 Å². The molecule has 2 atom stereocenters. The molecule has 0 spiro atoms. The molecule has 1 aliphatic heterocycles. The lowest BCUT2D eigenvalue weighted by atomic mass is 9.79. The smallest absolute Gasteiger partial charge is 0.410 e. The highest BCUT2D eigenvalue weighted by Gasteiger charge is 2.47. The molecule has 9 heteroatoms. The van der Waals surface area contributed by atoms with E-state index in [0.29, 0.717) is 18.9 Å². The number of carboxylic acid groups (broad SMARTS) is 1. The van der Waals surface area contributed by atoms with Crippen LogP contribution in [0.15, 0.2) is 24.3 Å². The molecule has 0 unspecified atom stereocenters. The van der Waals surface area contributed by atoms with Crippen LogP contribution in [0.3, 0.4) is 0 Å². The van der Waals surface area contributed by atoms with Crippen molar-refractivity contribution in [3.05, 3.63) is 30.1 Å². The van der Waals surface area contributed by atoms with Crippen LogP contribution >= 0.6 is 0 Å². The number of fused-ring (bicyclic) bond motifs is 1. The number of aryl methyl sites for hydroxylation is 1. The number of aliphatic carboxylic acids is 1. The number of para-hydroxylation sites is 2. The quantitative estimate of drug-likeness (QED) is 0.654. The van der Waals surface area contributed by atoms with Crippen molar-refractivity contribution in [2.45, 2.75) is 73.1 Å². The Balaban J connectivity index is 2.02. The number of amides is 2. The average molecular weight is 487 g/mol. The molecule has 1 fully saturated rings. The van der Waals surface area contributed by atoms with Crippen molar-refractivity contribution >= 4 is 29.0 Å². The second-order valence-electron chi connectivity index (χ2n) is 11.1. The topological polar surface area (TPSA) is 105 Å². The monoisotopic (exact) mass is 486 g/mol. The van der Waals surface area contributed by atoms with Gasteiger partial charge in [0.05, 0.1) is 22.5 Å². The van der Waals surface area contributed by atoms with Gasteiger partial charge in [-0.05, 0) is 59.1 Å². The number of hydrogen-bond donors (Lipinski definition) is 1. The molecule has 0 bridgehead atoms. The Morgan fingerprint density at radius 3 is 2.49 bits per heavy atom. The van der Waals surface area contributed by atoms with E-state index < -0.39 is 29.1 Å². The van der Waals surface area contributed by atoms with E-state index in [2.05, 4.69) is 4.98 Å². The van der Waals surface area contributed by atoms with Crippen LogP contribution in [0.25, 0.3) is 11.0 Å². The van der Waals surface area contributed by atoms with E-state index in [1.807, 2.05) is 49.6 Å². The van der Waals surface area contributed by atoms with Crippen LogP contribution in [-0.2, 0) is 16.1 Å². The number of ether oxygens (including phenoxy) is 1. The van der Waals surface area contributed by atoms with Crippen molar-refractivity contribution in [1.82, 2.24) is 19.4 Å². The number of benzene rings is 1. The van der Waals surface area contributed by atoms with Gasteiger partial charge in [0.1, 0.15) is 5.60 Å². The molecule has 2 amide bonds. The fourth-order valence-electron chi connectivity index (χ4n) is 4.70. The second-order valence-corrected chi connectivity index (χ2v) is 11.1. The maximum atomic E-state index is 14.0. The van der Waals surface area contributed by atoms with Gasteiger partial charge in [-0.3, -0.25) is 9.59 Å². The van der Waals surface area contributed by atoms with E-state index >= 15 is 0 Å². The van der Waals surface area contributed by atoms with Gasteiger partial charge in [-0.15, -0.1) is 0 Å². The third-order valence-corrected chi connectivity index (χ3v) is 6.25. The molecule has 1 N–H and O–H groups in total. The number of carbonyl (C=O) groups excluding carboxylic acids is 2. The number of carbonyl (C=O) groups is 3. The molecule has 35 heavy (non-hydrogen) atoms. The molecule has 1 aromatic heterocycles. The number of aromatic nitrogens is 2. The van der Waals surface area contributed by atoms with Gasteiger partial charge in [-0.25, -0.2) is 9.78 Å². The van der Waals surface area contributed by atoms with E-state index in [1.165, 1.54) is 4.90 Å². The maximum absolute atomic E-state index is 14.0. The highest BCUT2D eigenvalue weighted by molar-refractivity contribution is 5.95. The maximum Gasteiger partial charge on any atom is 0.410 e. The van der Waals surface area contributed by atoms with Gasteiger partial charge in [0.2, 0.25) is 0 Å². The fourth-order valence-corrected chi connectivity index (χ4v) is 4.70. The largest absolute Gasteiger partial charge is 0.481 e. The third kappa shape index (κ3) is 5.77. The van der Waals surface area contributed by atoms with Crippen LogP contribution in [0.2, 0.25) is 0 Å². The molecule has 0 radical (unpaired) electrons. The van der Waals surface area contributed by atoms with E-state index in [-0.39, 0.29) is 31.3 Å². The van der Waals surface area contributed by atoms with Gasteiger partial charge >= 0.3 is 12.1 Å². The van der Waals surface area contributed by atoms with Gasteiger partial charge in [-0.2, -0.15) is 0 Å². The van der Waals surface area contributed by atoms with E-state index in [1.54, 1.807) is 32.6 Å². The Hall–Kier alpha value is -3.10. The Morgan fingerprint density at radius 2 is 1.91 bits per heavy atom. The molecule has 1 saturated heterocycles. The number of imidazole rings is 1. The number of rotatable bonds is 6. The first-order chi connectivity index (χ1) is 16.3. The molecule has 0 saturated carbocycles. The zero-order valence-corrected chi connectivity index (χ0v) is 21.9. The number of likely N-dealkylation sites (tertiary alicyclic amines) is 1. The zero-order chi connectivity index (χ0) is 26.1. The molecule has 1 aliphatic rings. The van der Waals surface area contributed by atoms with Crippen molar-refractivity contribution in [2.75, 3.05) is 19.6 Å². The molecular formula is C26H38N4O5. The minimum atomic E-state index is -1.22. The normalized spacial score (nSPS) is 20.8. The summed E-state index contributed by atoms with van der Waals surface area (Å²) >= 11 is 0. The SMILES string of the molecule is CCn1c(C(=O)N(CC(C)C)[C@@H]2CN(C(=O)OC(C)(C)C)C[C@](C)(C(=O)O)C2)nc2ccccc21. The number of carboxylic acids is 1. The minimum absolute atomic E-state index is 0.0188. The molecule has 0 aliphatic carbocycles. The van der Waals surface area contributed by atoms with Crippen LogP contribution < -0.4 is 0 Å². The van der Waals surface area contributed by atoms with Crippen LogP contribution in [0.5, 0.6) is 0 Å². The lowest BCUT2D eigenvalue weighted by Crippen LogP contribution is -2.60. The van der Waals surface area contributed by atoms with Gasteiger partial charge in [-0.1, -0.05) is 26.0 Å². The Bertz CT molecular complexity index is 1100. The summed E-state index contributed by atoms with van der Waals surface area (Å²) in [6.45, 7) is 14.1. The predicted molar refractivity (Wildman–Crippen MR) is 133 cm³/mol. The molecular weight excluding hydrogens is 448 g/mol. The number of nitrogens with zero attached hydrogens (tertiary/aromatic N) is 4. The van der Waals surface area contributed by atoms with Crippen molar-refractivity contribution in [2.24, 2.45) is 11.3 Å². The predicted octanol–water partition coefficient (Wildman–Crippen LogP) is 4.25. The van der Waals surface area contributed by atoms with Crippen molar-refractivity contribution < 1.29 is 24.2 Å². The van der Waals surface area contributed by atoms with Crippen LogP contribution in [0, 0.1) is 11.3 Å². The summed E-state index contributed by atoms with van der Waals surface area (Å²) < 4.78 is 7.44. The lowest BCUT2D eigenvalue weighted by molar-refractivity contribution is -0.152. The minimum Gasteiger partial charge on any atom is -0.481 e. The second kappa shape index (κ2) is 9.87. The molecule has 1 aromatic carbocycles. The Kier molecular flexibility index (Phi) is 7.48. The highest BCUT2D eigenvalue weighted by atomic mass is 16.6. The molecule has 2 aromatic rings. The summed E-state index contributed by atoms with van der Waals surface area (Å²) in [7, 11) is 0. The molecule has 3 rings (SSSR count). The van der Waals surface area contributed by atoms with Gasteiger partial charge in [0, 0.05) is 26.2 Å². The standard InChI is InChI=1S/C26H38N4O5/c1-8-29-20-12-10-9-11-19(20)27-21(29)22(31)30(14-17(2)3)18-13-26(7,23(32)33)16-28(15-18)24(34)35-25(4,5)6/h9-12,17-18H,8,13-16H2,1-7H3,(H,32,33)/t18-,26+/m0/s1. The summed E-state index contributed by atoms with van der Waals surface area (Å²) in [6.07, 6.45) is -0.348. The third-order valence-electron chi connectivity index (χ3n) is 6.25. The highest BCUT2D eigenvalue weighted by Crippen LogP contribution is 2.34. The van der Waals surface area contributed by atoms with Gasteiger partial charge < -0.3 is 24.2 Å². The summed E-state index contributed by atoms with van der Waals surface area (Å²) in [5, 5.41) is 10.0. The van der Waals surface area contributed by atoms with Gasteiger partial charge in [0.15, 0.2) is 5.82 Å². The van der Waals surface area contributed by atoms with Crippen LogP contribution in [0.4, 0.5) is 4.79 Å². The first-order valence-corrected chi connectivity index (χ1v) is 12.2. The van der Waals surface area contributed by atoms with Crippen molar-refractivity contribution in [3.63, 3.8) is 0 Å². The van der Waals surface area contributed by atoms with E-state index in [0.717, 1.165) is 11.0 Å². The molecule has 2 heterocycles. The zero-order valence-electron chi connectivity index (χ0n) is 21.9. The average Bonchev–Trinajstić information content (AvgIpc) is 3.14. The Labute approximate surface area is 207 Å². The first-order valence-electron chi connectivity index (χ1n) is 12.2. The summed E-state index contributed by atoms with van der Waals surface area (Å²) in [4.78, 5) is 47.0. The summed E-state index contributed by atoms with van der Waals surface area (Å²) in [5.74, 6) is -0.818. The first kappa shape index (κ1) is 26.5. The van der Waals surface area contributed by atoms with Crippen molar-refractivity contribution in [1.29, 1.82) is 0 Å². The fraction of sp³-hybridized carbons (Fsp3) is 0.615. The summed E-state index contributed by atoms with van der Waals surface area (Å²) in [5.41, 5.74) is -0.336. The molecule has 9 nitrogen and oxygen atoms in total. The number of piperidine rings is 1.